The first kappa shape index (κ1) is 8.94. The summed E-state index contributed by atoms with van der Waals surface area (Å²) in [5, 5.41) is 9.19. The first-order chi connectivity index (χ1) is 5.63. The number of rotatable bonds is 2. The molecule has 1 N–H and O–H groups in total. The van der Waals surface area contributed by atoms with Crippen molar-refractivity contribution in [2.75, 3.05) is 0 Å². The van der Waals surface area contributed by atoms with Crippen LogP contribution >= 0.6 is 0 Å². The van der Waals surface area contributed by atoms with Crippen molar-refractivity contribution in [3.05, 3.63) is 42.3 Å². The van der Waals surface area contributed by atoms with Crippen molar-refractivity contribution < 1.29 is 9.90 Å². The first-order valence-electron chi connectivity index (χ1n) is 3.74. The Morgan fingerprint density at radius 1 is 1.50 bits per heavy atom. The van der Waals surface area contributed by atoms with Gasteiger partial charge in [-0.25, -0.2) is 0 Å². The second-order valence-corrected chi connectivity index (χ2v) is 2.66. The van der Waals surface area contributed by atoms with Gasteiger partial charge < -0.3 is 5.11 Å². The monoisotopic (exact) mass is 163 g/mol. The second-order valence-electron chi connectivity index (χ2n) is 2.66. The Bertz CT molecular complexity index is 290. The van der Waals surface area contributed by atoms with Crippen LogP contribution in [0.25, 0.3) is 0 Å². The number of hydrogen-bond acceptors (Lipinski definition) is 2. The van der Waals surface area contributed by atoms with Gasteiger partial charge in [-0.2, -0.15) is 0 Å². The van der Waals surface area contributed by atoms with Gasteiger partial charge in [-0.05, 0) is 19.4 Å². The predicted molar refractivity (Wildman–Crippen MR) is 46.8 cm³/mol. The normalized spacial score (nSPS) is 12.6. The van der Waals surface area contributed by atoms with Gasteiger partial charge in [0.15, 0.2) is 5.78 Å². The summed E-state index contributed by atoms with van der Waals surface area (Å²) in [5.41, 5.74) is 1.13. The third kappa shape index (κ3) is 1.71. The molecule has 1 aromatic rings. The van der Waals surface area contributed by atoms with Crippen molar-refractivity contribution in [3.8, 4) is 0 Å². The average Bonchev–Trinajstić information content (AvgIpc) is 2.04. The van der Waals surface area contributed by atoms with E-state index in [9.17, 15) is 9.90 Å². The van der Waals surface area contributed by atoms with Gasteiger partial charge in [0.1, 0.15) is 0 Å². The number of aliphatic hydroxyl groups is 1. The molecule has 0 saturated heterocycles. The fourth-order valence-corrected chi connectivity index (χ4v) is 1.11. The Balaban J connectivity index is 3.17. The van der Waals surface area contributed by atoms with Crippen LogP contribution in [0, 0.1) is 6.92 Å². The summed E-state index contributed by atoms with van der Waals surface area (Å²) < 4.78 is 0. The van der Waals surface area contributed by atoms with E-state index in [2.05, 4.69) is 6.92 Å². The van der Waals surface area contributed by atoms with Gasteiger partial charge in [0.05, 0.1) is 6.10 Å². The highest BCUT2D eigenvalue weighted by Gasteiger charge is 2.09. The van der Waals surface area contributed by atoms with Crippen LogP contribution in [0.5, 0.6) is 0 Å². The number of aliphatic hydroxyl groups excluding tert-OH is 1. The lowest BCUT2D eigenvalue weighted by atomic mass is 10.0. The Labute approximate surface area is 71.8 Å². The minimum absolute atomic E-state index is 0.0479. The van der Waals surface area contributed by atoms with Crippen LogP contribution in [-0.2, 0) is 0 Å². The SMILES string of the molecule is [CH2][C@H](O)c1ccccc1C(C)=O. The van der Waals surface area contributed by atoms with E-state index in [0.717, 1.165) is 0 Å². The molecule has 0 heterocycles. The molecule has 2 nitrogen and oxygen atoms in total. The minimum Gasteiger partial charge on any atom is -0.388 e. The van der Waals surface area contributed by atoms with E-state index in [1.807, 2.05) is 0 Å². The average molecular weight is 163 g/mol. The Hall–Kier alpha value is -1.15. The van der Waals surface area contributed by atoms with E-state index in [1.54, 1.807) is 24.3 Å². The van der Waals surface area contributed by atoms with Gasteiger partial charge in [-0.1, -0.05) is 24.3 Å². The van der Waals surface area contributed by atoms with Crippen molar-refractivity contribution in [1.29, 1.82) is 0 Å². The van der Waals surface area contributed by atoms with E-state index in [-0.39, 0.29) is 5.78 Å². The molecule has 63 valence electrons. The summed E-state index contributed by atoms with van der Waals surface area (Å²) in [5.74, 6) is -0.0479. The van der Waals surface area contributed by atoms with Crippen LogP contribution in [0.15, 0.2) is 24.3 Å². The van der Waals surface area contributed by atoms with Crippen LogP contribution < -0.4 is 0 Å². The van der Waals surface area contributed by atoms with Crippen LogP contribution in [0.4, 0.5) is 0 Å². The molecule has 0 aliphatic carbocycles. The minimum atomic E-state index is -0.829. The molecule has 1 atom stereocenters. The van der Waals surface area contributed by atoms with Crippen LogP contribution in [0.2, 0.25) is 0 Å². The van der Waals surface area contributed by atoms with Gasteiger partial charge in [0.25, 0.3) is 0 Å². The van der Waals surface area contributed by atoms with Crippen molar-refractivity contribution in [3.63, 3.8) is 0 Å². The van der Waals surface area contributed by atoms with Crippen molar-refractivity contribution in [2.45, 2.75) is 13.0 Å². The highest BCUT2D eigenvalue weighted by molar-refractivity contribution is 5.95. The van der Waals surface area contributed by atoms with E-state index >= 15 is 0 Å². The maximum Gasteiger partial charge on any atom is 0.160 e. The van der Waals surface area contributed by atoms with E-state index < -0.39 is 6.10 Å². The molecule has 1 rings (SSSR count). The van der Waals surface area contributed by atoms with Gasteiger partial charge in [0, 0.05) is 5.56 Å². The van der Waals surface area contributed by atoms with Gasteiger partial charge in [-0.15, -0.1) is 0 Å². The van der Waals surface area contributed by atoms with Crippen LogP contribution in [0.1, 0.15) is 28.9 Å². The van der Waals surface area contributed by atoms with E-state index in [0.29, 0.717) is 11.1 Å². The summed E-state index contributed by atoms with van der Waals surface area (Å²) in [6, 6.07) is 6.93. The largest absolute Gasteiger partial charge is 0.388 e. The summed E-state index contributed by atoms with van der Waals surface area (Å²) in [4.78, 5) is 11.0. The predicted octanol–water partition coefficient (Wildman–Crippen LogP) is 1.76. The molecular weight excluding hydrogens is 152 g/mol. The summed E-state index contributed by atoms with van der Waals surface area (Å²) in [6.07, 6.45) is -0.829. The molecule has 1 radical (unpaired) electrons. The Kier molecular flexibility index (Phi) is 2.61. The lowest BCUT2D eigenvalue weighted by Gasteiger charge is -2.08. The second kappa shape index (κ2) is 3.50. The Morgan fingerprint density at radius 2 is 2.08 bits per heavy atom. The molecule has 1 aromatic carbocycles. The highest BCUT2D eigenvalue weighted by Crippen LogP contribution is 2.16. The summed E-state index contributed by atoms with van der Waals surface area (Å²) in [7, 11) is 0. The van der Waals surface area contributed by atoms with Gasteiger partial charge >= 0.3 is 0 Å². The van der Waals surface area contributed by atoms with E-state index in [4.69, 9.17) is 0 Å². The number of ketones is 1. The standard InChI is InChI=1S/C10H11O2/c1-7(11)9-5-3-4-6-10(9)8(2)12/h3-7,11H,1H2,2H3/t7-/m0/s1. The lowest BCUT2D eigenvalue weighted by molar-refractivity contribution is 0.101. The quantitative estimate of drug-likeness (QED) is 0.674. The molecule has 2 heteroatoms. The molecular formula is C10H11O2. The number of benzene rings is 1. The Morgan fingerprint density at radius 3 is 2.50 bits per heavy atom. The fourth-order valence-electron chi connectivity index (χ4n) is 1.11. The third-order valence-corrected chi connectivity index (χ3v) is 1.70. The molecule has 0 amide bonds. The molecule has 12 heavy (non-hydrogen) atoms. The zero-order valence-corrected chi connectivity index (χ0v) is 6.95. The first-order valence-corrected chi connectivity index (χ1v) is 3.74. The highest BCUT2D eigenvalue weighted by atomic mass is 16.3. The number of carbonyl (C=O) groups is 1. The molecule has 0 aliphatic rings. The molecule has 0 fully saturated rings. The van der Waals surface area contributed by atoms with Gasteiger partial charge in [-0.3, -0.25) is 4.79 Å². The maximum atomic E-state index is 11.0. The topological polar surface area (TPSA) is 37.3 Å². The molecule has 0 unspecified atom stereocenters. The van der Waals surface area contributed by atoms with Crippen molar-refractivity contribution >= 4 is 5.78 Å². The molecule has 0 spiro atoms. The number of hydrogen-bond donors (Lipinski definition) is 1. The maximum absolute atomic E-state index is 11.0. The van der Waals surface area contributed by atoms with Gasteiger partial charge in [0.2, 0.25) is 0 Å². The molecule has 0 aromatic heterocycles. The summed E-state index contributed by atoms with van der Waals surface area (Å²) >= 11 is 0. The lowest BCUT2D eigenvalue weighted by Crippen LogP contribution is -2.02. The third-order valence-electron chi connectivity index (χ3n) is 1.70. The molecule has 0 aliphatic heterocycles. The number of Topliss-reactive ketones (excluding diaryl/α,β-unsaturated/α-hetero) is 1. The van der Waals surface area contributed by atoms with Crippen molar-refractivity contribution in [2.24, 2.45) is 0 Å². The zero-order chi connectivity index (χ0) is 9.14. The van der Waals surface area contributed by atoms with Crippen LogP contribution in [0.3, 0.4) is 0 Å². The number of carbonyl (C=O) groups excluding carboxylic acids is 1. The summed E-state index contributed by atoms with van der Waals surface area (Å²) in [6.45, 7) is 4.93. The van der Waals surface area contributed by atoms with Crippen LogP contribution in [-0.4, -0.2) is 10.9 Å². The zero-order valence-electron chi connectivity index (χ0n) is 6.95. The van der Waals surface area contributed by atoms with Crippen molar-refractivity contribution in [1.82, 2.24) is 0 Å². The molecule has 0 saturated carbocycles. The smallest absolute Gasteiger partial charge is 0.160 e. The van der Waals surface area contributed by atoms with E-state index in [1.165, 1.54) is 6.92 Å². The fraction of sp³-hybridized carbons (Fsp3) is 0.200. The molecule has 0 bridgehead atoms.